The maximum Gasteiger partial charge on any atom is 0.230 e. The first-order chi connectivity index (χ1) is 8.59. The third-order valence-electron chi connectivity index (χ3n) is 5.14. The fraction of sp³-hybridized carbons (Fsp3) is 0.933. The quantitative estimate of drug-likeness (QED) is 0.835. The molecule has 104 valence electrons. The van der Waals surface area contributed by atoms with E-state index >= 15 is 0 Å². The van der Waals surface area contributed by atoms with Gasteiger partial charge >= 0.3 is 0 Å². The molecule has 1 N–H and O–H groups in total. The summed E-state index contributed by atoms with van der Waals surface area (Å²) in [6, 6.07) is 0. The number of nitrogens with one attached hydrogen (secondary N) is 1. The van der Waals surface area contributed by atoms with Crippen molar-refractivity contribution in [3.8, 4) is 0 Å². The molecule has 3 heteroatoms. The summed E-state index contributed by atoms with van der Waals surface area (Å²) in [6.45, 7) is 10.6. The van der Waals surface area contributed by atoms with E-state index in [1.807, 2.05) is 0 Å². The Bertz CT molecular complexity index is 287. The zero-order chi connectivity index (χ0) is 13.2. The zero-order valence-corrected chi connectivity index (χ0v) is 12.2. The largest absolute Gasteiger partial charge is 0.342 e. The van der Waals surface area contributed by atoms with E-state index in [9.17, 15) is 4.79 Å². The molecule has 0 spiro atoms. The standard InChI is InChI=1S/C15H28N2O/c1-4-15(7-8-16-11-15)14(18)17-9-5-13(6-10-17)12(2)3/h12-13,16H,4-11H2,1-3H3. The number of carbonyl (C=O) groups is 1. The van der Waals surface area contributed by atoms with Crippen LogP contribution in [0.15, 0.2) is 0 Å². The average molecular weight is 252 g/mol. The predicted octanol–water partition coefficient (Wildman–Crippen LogP) is 2.27. The molecule has 18 heavy (non-hydrogen) atoms. The van der Waals surface area contributed by atoms with E-state index in [1.165, 1.54) is 12.8 Å². The molecule has 0 aromatic heterocycles. The molecule has 0 aromatic rings. The molecule has 1 amide bonds. The van der Waals surface area contributed by atoms with Crippen molar-refractivity contribution in [3.05, 3.63) is 0 Å². The molecule has 2 aliphatic rings. The molecule has 0 aliphatic carbocycles. The first kappa shape index (κ1) is 13.9. The van der Waals surface area contributed by atoms with Gasteiger partial charge in [0.1, 0.15) is 0 Å². The Morgan fingerprint density at radius 3 is 2.50 bits per heavy atom. The van der Waals surface area contributed by atoms with Gasteiger partial charge in [0, 0.05) is 19.6 Å². The number of carbonyl (C=O) groups excluding carboxylic acids is 1. The minimum absolute atomic E-state index is 0.0926. The molecule has 3 nitrogen and oxygen atoms in total. The van der Waals surface area contributed by atoms with Crippen LogP contribution in [0.1, 0.15) is 46.5 Å². The van der Waals surface area contributed by atoms with Crippen LogP contribution in [-0.4, -0.2) is 37.0 Å². The molecule has 2 fully saturated rings. The van der Waals surface area contributed by atoms with Gasteiger partial charge in [-0.05, 0) is 44.1 Å². The van der Waals surface area contributed by atoms with Gasteiger partial charge in [-0.15, -0.1) is 0 Å². The van der Waals surface area contributed by atoms with Crippen LogP contribution < -0.4 is 5.32 Å². The van der Waals surface area contributed by atoms with Gasteiger partial charge in [0.25, 0.3) is 0 Å². The van der Waals surface area contributed by atoms with Crippen molar-refractivity contribution in [2.24, 2.45) is 17.3 Å². The second-order valence-corrected chi connectivity index (χ2v) is 6.43. The van der Waals surface area contributed by atoms with Gasteiger partial charge in [0.2, 0.25) is 5.91 Å². The molecular weight excluding hydrogens is 224 g/mol. The average Bonchev–Trinajstić information content (AvgIpc) is 2.88. The first-order valence-corrected chi connectivity index (χ1v) is 7.59. The maximum atomic E-state index is 12.7. The highest BCUT2D eigenvalue weighted by atomic mass is 16.2. The molecule has 2 heterocycles. The molecule has 2 aliphatic heterocycles. The number of nitrogens with zero attached hydrogens (tertiary/aromatic N) is 1. The molecule has 1 unspecified atom stereocenters. The summed E-state index contributed by atoms with van der Waals surface area (Å²) in [4.78, 5) is 14.9. The molecule has 2 rings (SSSR count). The maximum absolute atomic E-state index is 12.7. The van der Waals surface area contributed by atoms with E-state index in [2.05, 4.69) is 31.0 Å². The number of likely N-dealkylation sites (tertiary alicyclic amines) is 1. The smallest absolute Gasteiger partial charge is 0.230 e. The predicted molar refractivity (Wildman–Crippen MR) is 74.4 cm³/mol. The van der Waals surface area contributed by atoms with Crippen molar-refractivity contribution < 1.29 is 4.79 Å². The highest BCUT2D eigenvalue weighted by Crippen LogP contribution is 2.34. The molecule has 0 aromatic carbocycles. The summed E-state index contributed by atoms with van der Waals surface area (Å²) < 4.78 is 0. The molecule has 0 bridgehead atoms. The van der Waals surface area contributed by atoms with Gasteiger partial charge < -0.3 is 10.2 Å². The van der Waals surface area contributed by atoms with Crippen LogP contribution in [0.4, 0.5) is 0 Å². The molecule has 2 saturated heterocycles. The number of hydrogen-bond donors (Lipinski definition) is 1. The van der Waals surface area contributed by atoms with Crippen LogP contribution in [0.25, 0.3) is 0 Å². The third-order valence-corrected chi connectivity index (χ3v) is 5.14. The number of amides is 1. The van der Waals surface area contributed by atoms with Crippen molar-refractivity contribution in [1.29, 1.82) is 0 Å². The van der Waals surface area contributed by atoms with Gasteiger partial charge in [0.15, 0.2) is 0 Å². The highest BCUT2D eigenvalue weighted by molar-refractivity contribution is 5.83. The van der Waals surface area contributed by atoms with E-state index in [1.54, 1.807) is 0 Å². The number of piperidine rings is 1. The monoisotopic (exact) mass is 252 g/mol. The lowest BCUT2D eigenvalue weighted by atomic mass is 9.81. The zero-order valence-electron chi connectivity index (χ0n) is 12.2. The minimum Gasteiger partial charge on any atom is -0.342 e. The first-order valence-electron chi connectivity index (χ1n) is 7.59. The SMILES string of the molecule is CCC1(C(=O)N2CCC(C(C)C)CC2)CCNC1. The van der Waals surface area contributed by atoms with Gasteiger partial charge in [-0.25, -0.2) is 0 Å². The van der Waals surface area contributed by atoms with E-state index in [4.69, 9.17) is 0 Å². The van der Waals surface area contributed by atoms with Crippen molar-refractivity contribution in [2.45, 2.75) is 46.5 Å². The molecule has 1 atom stereocenters. The Morgan fingerprint density at radius 1 is 1.39 bits per heavy atom. The van der Waals surface area contributed by atoms with Crippen LogP contribution in [0.5, 0.6) is 0 Å². The second-order valence-electron chi connectivity index (χ2n) is 6.43. The highest BCUT2D eigenvalue weighted by Gasteiger charge is 2.42. The fourth-order valence-electron chi connectivity index (χ4n) is 3.48. The van der Waals surface area contributed by atoms with E-state index in [0.717, 1.165) is 50.9 Å². The molecular formula is C15H28N2O. The molecule has 0 radical (unpaired) electrons. The summed E-state index contributed by atoms with van der Waals surface area (Å²) in [6.07, 6.45) is 4.38. The summed E-state index contributed by atoms with van der Waals surface area (Å²) in [5, 5.41) is 3.36. The normalized spacial score (nSPS) is 30.1. The van der Waals surface area contributed by atoms with Gasteiger partial charge in [-0.1, -0.05) is 20.8 Å². The Kier molecular flexibility index (Phi) is 4.31. The topological polar surface area (TPSA) is 32.3 Å². The van der Waals surface area contributed by atoms with Gasteiger partial charge in [-0.2, -0.15) is 0 Å². The lowest BCUT2D eigenvalue weighted by Gasteiger charge is -2.38. The Hall–Kier alpha value is -0.570. The Morgan fingerprint density at radius 2 is 2.06 bits per heavy atom. The van der Waals surface area contributed by atoms with Crippen LogP contribution in [-0.2, 0) is 4.79 Å². The van der Waals surface area contributed by atoms with Crippen LogP contribution in [0.3, 0.4) is 0 Å². The summed E-state index contributed by atoms with van der Waals surface area (Å²) >= 11 is 0. The van der Waals surface area contributed by atoms with E-state index < -0.39 is 0 Å². The lowest BCUT2D eigenvalue weighted by molar-refractivity contribution is -0.143. The number of rotatable bonds is 3. The lowest BCUT2D eigenvalue weighted by Crippen LogP contribution is -2.48. The second kappa shape index (κ2) is 5.60. The molecule has 0 saturated carbocycles. The minimum atomic E-state index is -0.0926. The Labute approximate surface area is 111 Å². The third kappa shape index (κ3) is 2.56. The number of hydrogen-bond acceptors (Lipinski definition) is 2. The summed E-state index contributed by atoms with van der Waals surface area (Å²) in [7, 11) is 0. The fourth-order valence-corrected chi connectivity index (χ4v) is 3.48. The van der Waals surface area contributed by atoms with Crippen LogP contribution in [0, 0.1) is 17.3 Å². The van der Waals surface area contributed by atoms with E-state index in [-0.39, 0.29) is 5.41 Å². The van der Waals surface area contributed by atoms with Crippen molar-refractivity contribution in [2.75, 3.05) is 26.2 Å². The van der Waals surface area contributed by atoms with Gasteiger partial charge in [0.05, 0.1) is 5.41 Å². The van der Waals surface area contributed by atoms with Crippen LogP contribution in [0.2, 0.25) is 0 Å². The van der Waals surface area contributed by atoms with Crippen LogP contribution >= 0.6 is 0 Å². The van der Waals surface area contributed by atoms with Crippen molar-refractivity contribution >= 4 is 5.91 Å². The Balaban J connectivity index is 1.94. The van der Waals surface area contributed by atoms with E-state index in [0.29, 0.717) is 5.91 Å². The van der Waals surface area contributed by atoms with Crippen molar-refractivity contribution in [3.63, 3.8) is 0 Å². The van der Waals surface area contributed by atoms with Crippen molar-refractivity contribution in [1.82, 2.24) is 10.2 Å². The summed E-state index contributed by atoms with van der Waals surface area (Å²) in [5.74, 6) is 1.99. The summed E-state index contributed by atoms with van der Waals surface area (Å²) in [5.41, 5.74) is -0.0926. The van der Waals surface area contributed by atoms with Gasteiger partial charge in [-0.3, -0.25) is 4.79 Å².